The fourth-order valence-corrected chi connectivity index (χ4v) is 6.68. The second kappa shape index (κ2) is 13.6. The smallest absolute Gasteiger partial charge is 0.331 e. The number of amides is 3. The summed E-state index contributed by atoms with van der Waals surface area (Å²) in [4.78, 5) is 56.9. The molecular formula is C31H36ClN5O8S. The summed E-state index contributed by atoms with van der Waals surface area (Å²) in [5.74, 6) is 0.231. The third-order valence-corrected chi connectivity index (χ3v) is 9.71. The van der Waals surface area contributed by atoms with E-state index < -0.39 is 26.8 Å². The van der Waals surface area contributed by atoms with E-state index in [1.54, 1.807) is 41.2 Å². The maximum atomic E-state index is 13.5. The van der Waals surface area contributed by atoms with Gasteiger partial charge in [-0.25, -0.2) is 18.0 Å². The summed E-state index contributed by atoms with van der Waals surface area (Å²) in [6.45, 7) is 0.486. The van der Waals surface area contributed by atoms with Crippen molar-refractivity contribution in [3.8, 4) is 22.6 Å². The van der Waals surface area contributed by atoms with E-state index in [0.29, 0.717) is 44.6 Å². The molecule has 0 atom stereocenters. The first-order chi connectivity index (χ1) is 21.9. The fraction of sp³-hybridized carbons (Fsp3) is 0.419. The zero-order chi connectivity index (χ0) is 33.2. The van der Waals surface area contributed by atoms with Gasteiger partial charge in [-0.05, 0) is 49.1 Å². The van der Waals surface area contributed by atoms with Crippen LogP contribution in [0.4, 0.5) is 10.5 Å². The maximum Gasteiger partial charge on any atom is 0.331 e. The van der Waals surface area contributed by atoms with E-state index in [1.807, 2.05) is 12.1 Å². The van der Waals surface area contributed by atoms with Crippen molar-refractivity contribution in [3.63, 3.8) is 0 Å². The van der Waals surface area contributed by atoms with Crippen LogP contribution < -0.4 is 26.0 Å². The number of halogens is 1. The quantitative estimate of drug-likeness (QED) is 0.364. The summed E-state index contributed by atoms with van der Waals surface area (Å²) in [5, 5.41) is 3.12. The number of piperidine rings is 1. The maximum absolute atomic E-state index is 13.5. The number of anilines is 1. The summed E-state index contributed by atoms with van der Waals surface area (Å²) in [6, 6.07) is 10.1. The normalized spacial score (nSPS) is 15.6. The van der Waals surface area contributed by atoms with Crippen LogP contribution in [0.15, 0.2) is 52.2 Å². The number of benzene rings is 2. The second-order valence-corrected chi connectivity index (χ2v) is 14.0. The minimum Gasteiger partial charge on any atom is -0.497 e. The van der Waals surface area contributed by atoms with Crippen LogP contribution in [-0.2, 0) is 34.1 Å². The van der Waals surface area contributed by atoms with Crippen molar-refractivity contribution in [1.82, 2.24) is 18.9 Å². The monoisotopic (exact) mass is 673 g/mol. The standard InChI is InChI=1S/C31H36ClN5O8S/c1-44-22-7-8-25-20(17-22)9-14-36(30(40)33-25)21-10-12-34(13-11-21)27(38)19-35-18-24(23-5-4-6-26(45-2)28(23)32)29(39)37(31(35)41)15-16-46(3,42)43/h4-8,17-18,21H,9-16,19H2,1-3H3,(H,33,40). The van der Waals surface area contributed by atoms with Crippen molar-refractivity contribution in [1.29, 1.82) is 0 Å². The third-order valence-electron chi connectivity index (χ3n) is 8.40. The molecule has 15 heteroatoms. The molecule has 1 saturated heterocycles. The highest BCUT2D eigenvalue weighted by atomic mass is 35.5. The van der Waals surface area contributed by atoms with Gasteiger partial charge < -0.3 is 24.6 Å². The molecule has 246 valence electrons. The van der Waals surface area contributed by atoms with E-state index in [-0.39, 0.29) is 47.2 Å². The molecule has 5 rings (SSSR count). The molecule has 3 aromatic rings. The van der Waals surface area contributed by atoms with Crippen LogP contribution in [0.25, 0.3) is 11.1 Å². The molecule has 1 fully saturated rings. The number of ether oxygens (including phenoxy) is 2. The van der Waals surface area contributed by atoms with Crippen LogP contribution >= 0.6 is 11.6 Å². The lowest BCUT2D eigenvalue weighted by atomic mass is 10.0. The van der Waals surface area contributed by atoms with Gasteiger partial charge in [-0.2, -0.15) is 0 Å². The Bertz CT molecular complexity index is 1880. The summed E-state index contributed by atoms with van der Waals surface area (Å²) in [5.41, 5.74) is 0.494. The van der Waals surface area contributed by atoms with Gasteiger partial charge in [0, 0.05) is 55.9 Å². The van der Waals surface area contributed by atoms with E-state index in [9.17, 15) is 27.6 Å². The van der Waals surface area contributed by atoms with Crippen molar-refractivity contribution in [2.75, 3.05) is 51.2 Å². The van der Waals surface area contributed by atoms with E-state index in [4.69, 9.17) is 21.1 Å². The van der Waals surface area contributed by atoms with E-state index >= 15 is 0 Å². The molecule has 2 aliphatic rings. The van der Waals surface area contributed by atoms with E-state index in [2.05, 4.69) is 5.32 Å². The highest BCUT2D eigenvalue weighted by Crippen LogP contribution is 2.33. The number of rotatable bonds is 9. The van der Waals surface area contributed by atoms with Crippen LogP contribution in [0.2, 0.25) is 5.02 Å². The van der Waals surface area contributed by atoms with E-state index in [1.165, 1.54) is 13.3 Å². The van der Waals surface area contributed by atoms with Crippen LogP contribution in [0, 0.1) is 0 Å². The molecule has 3 amide bonds. The van der Waals surface area contributed by atoms with Gasteiger partial charge in [-0.15, -0.1) is 0 Å². The molecule has 3 heterocycles. The Hall–Kier alpha value is -4.30. The zero-order valence-corrected chi connectivity index (χ0v) is 27.4. The summed E-state index contributed by atoms with van der Waals surface area (Å²) >= 11 is 6.51. The summed E-state index contributed by atoms with van der Waals surface area (Å²) < 4.78 is 36.3. The van der Waals surface area contributed by atoms with Crippen LogP contribution in [0.5, 0.6) is 11.5 Å². The highest BCUT2D eigenvalue weighted by Gasteiger charge is 2.32. The predicted octanol–water partition coefficient (Wildman–Crippen LogP) is 2.47. The van der Waals surface area contributed by atoms with Crippen molar-refractivity contribution in [2.24, 2.45) is 0 Å². The van der Waals surface area contributed by atoms with Gasteiger partial charge in [0.15, 0.2) is 0 Å². The third kappa shape index (κ3) is 7.07. The predicted molar refractivity (Wildman–Crippen MR) is 174 cm³/mol. The number of carbonyl (C=O) groups is 2. The van der Waals surface area contributed by atoms with Gasteiger partial charge in [-0.3, -0.25) is 18.7 Å². The van der Waals surface area contributed by atoms with Gasteiger partial charge in [0.1, 0.15) is 27.9 Å². The average molecular weight is 674 g/mol. The van der Waals surface area contributed by atoms with Crippen molar-refractivity contribution < 1.29 is 27.5 Å². The number of aromatic nitrogens is 2. The van der Waals surface area contributed by atoms with Gasteiger partial charge in [0.2, 0.25) is 5.91 Å². The average Bonchev–Trinajstić information content (AvgIpc) is 3.19. The van der Waals surface area contributed by atoms with E-state index in [0.717, 1.165) is 32.4 Å². The molecule has 46 heavy (non-hydrogen) atoms. The summed E-state index contributed by atoms with van der Waals surface area (Å²) in [6.07, 6.45) is 4.04. The number of urea groups is 1. The highest BCUT2D eigenvalue weighted by molar-refractivity contribution is 7.90. The number of sulfone groups is 1. The topological polar surface area (TPSA) is 149 Å². The largest absolute Gasteiger partial charge is 0.497 e. The Morgan fingerprint density at radius 1 is 1.02 bits per heavy atom. The zero-order valence-electron chi connectivity index (χ0n) is 25.8. The minimum absolute atomic E-state index is 0.0225. The lowest BCUT2D eigenvalue weighted by Crippen LogP contribution is -2.51. The van der Waals surface area contributed by atoms with Crippen molar-refractivity contribution in [3.05, 3.63) is 74.0 Å². The first-order valence-corrected chi connectivity index (χ1v) is 17.2. The van der Waals surface area contributed by atoms with Crippen molar-refractivity contribution in [2.45, 2.75) is 38.4 Å². The molecule has 0 saturated carbocycles. The van der Waals surface area contributed by atoms with Gasteiger partial charge in [0.25, 0.3) is 5.56 Å². The van der Waals surface area contributed by atoms with Gasteiger partial charge in [0.05, 0.1) is 30.6 Å². The number of carbonyl (C=O) groups excluding carboxylic acids is 2. The molecule has 0 aliphatic carbocycles. The Balaban J connectivity index is 1.34. The Labute approximate surface area is 271 Å². The number of hydrogen-bond acceptors (Lipinski definition) is 8. The number of methoxy groups -OCH3 is 2. The Morgan fingerprint density at radius 3 is 2.43 bits per heavy atom. The lowest BCUT2D eigenvalue weighted by Gasteiger charge is -2.38. The fourth-order valence-electron chi connectivity index (χ4n) is 5.86. The van der Waals surface area contributed by atoms with Crippen LogP contribution in [0.3, 0.4) is 0 Å². The molecule has 0 bridgehead atoms. The SMILES string of the molecule is COc1ccc2c(c1)CCN(C1CCN(C(=O)Cn3cc(-c4cccc(OC)c4Cl)c(=O)n(CCS(C)(=O)=O)c3=O)CC1)C(=O)N2. The molecule has 0 spiro atoms. The molecular weight excluding hydrogens is 638 g/mol. The molecule has 13 nitrogen and oxygen atoms in total. The number of hydrogen-bond donors (Lipinski definition) is 1. The lowest BCUT2D eigenvalue weighted by molar-refractivity contribution is -0.133. The summed E-state index contributed by atoms with van der Waals surface area (Å²) in [7, 11) is -0.491. The number of nitrogens with zero attached hydrogens (tertiary/aromatic N) is 4. The van der Waals surface area contributed by atoms with Crippen LogP contribution in [-0.4, -0.2) is 91.2 Å². The number of likely N-dealkylation sites (tertiary alicyclic amines) is 1. The van der Waals surface area contributed by atoms with Crippen molar-refractivity contribution >= 4 is 39.1 Å². The van der Waals surface area contributed by atoms with Gasteiger partial charge >= 0.3 is 11.7 Å². The number of nitrogens with one attached hydrogen (secondary N) is 1. The molecule has 2 aliphatic heterocycles. The Morgan fingerprint density at radius 2 is 1.76 bits per heavy atom. The van der Waals surface area contributed by atoms with Crippen LogP contribution in [0.1, 0.15) is 18.4 Å². The molecule has 2 aromatic carbocycles. The Kier molecular flexibility index (Phi) is 9.77. The molecule has 1 N–H and O–H groups in total. The molecule has 1 aromatic heterocycles. The number of fused-ring (bicyclic) bond motifs is 1. The molecule has 0 radical (unpaired) electrons. The second-order valence-electron chi connectivity index (χ2n) is 11.4. The minimum atomic E-state index is -3.51. The molecule has 0 unspecified atom stereocenters. The first kappa shape index (κ1) is 33.1. The van der Waals surface area contributed by atoms with Gasteiger partial charge in [-0.1, -0.05) is 23.7 Å². The first-order valence-electron chi connectivity index (χ1n) is 14.8.